The Labute approximate surface area is 185 Å². The van der Waals surface area contributed by atoms with Gasteiger partial charge in [0.2, 0.25) is 0 Å². The number of imide groups is 1. The first kappa shape index (κ1) is 18.8. The molecule has 5 nitrogen and oxygen atoms in total. The number of para-hydroxylation sites is 1. The third kappa shape index (κ3) is 2.94. The van der Waals surface area contributed by atoms with Gasteiger partial charge in [0.25, 0.3) is 11.8 Å². The van der Waals surface area contributed by atoms with Gasteiger partial charge in [-0.15, -0.1) is 0 Å². The molecule has 0 unspecified atom stereocenters. The van der Waals surface area contributed by atoms with Crippen LogP contribution in [-0.4, -0.2) is 23.0 Å². The summed E-state index contributed by atoms with van der Waals surface area (Å²) in [6.07, 6.45) is 7.02. The van der Waals surface area contributed by atoms with E-state index in [4.69, 9.17) is 16.3 Å². The molecule has 3 fully saturated rings. The predicted octanol–water partition coefficient (Wildman–Crippen LogP) is 4.31. The lowest BCUT2D eigenvalue weighted by Gasteiger charge is -2.37. The number of ether oxygens (including phenoxy) is 1. The maximum absolute atomic E-state index is 13.1. The zero-order chi connectivity index (χ0) is 21.1. The van der Waals surface area contributed by atoms with Crippen LogP contribution in [0.15, 0.2) is 65.8 Å². The third-order valence-electron chi connectivity index (χ3n) is 7.21. The Kier molecular flexibility index (Phi) is 4.29. The van der Waals surface area contributed by atoms with Gasteiger partial charge in [-0.25, -0.2) is 0 Å². The van der Waals surface area contributed by atoms with Crippen molar-refractivity contribution in [2.75, 3.05) is 0 Å². The van der Waals surface area contributed by atoms with Crippen LogP contribution in [-0.2, 0) is 16.2 Å². The second-order valence-corrected chi connectivity index (χ2v) is 9.21. The van der Waals surface area contributed by atoms with Gasteiger partial charge in [0, 0.05) is 16.1 Å². The summed E-state index contributed by atoms with van der Waals surface area (Å²) < 4.78 is 5.96. The van der Waals surface area contributed by atoms with Gasteiger partial charge >= 0.3 is 0 Å². The Balaban J connectivity index is 1.22. The van der Waals surface area contributed by atoms with Crippen LogP contribution in [0.1, 0.15) is 17.5 Å². The van der Waals surface area contributed by atoms with Gasteiger partial charge in [-0.2, -0.15) is 10.1 Å². The summed E-state index contributed by atoms with van der Waals surface area (Å²) >= 11 is 6.22. The van der Waals surface area contributed by atoms with Crippen molar-refractivity contribution in [1.29, 1.82) is 0 Å². The van der Waals surface area contributed by atoms with Crippen molar-refractivity contribution in [3.63, 3.8) is 0 Å². The molecule has 4 aliphatic carbocycles. The number of halogens is 1. The second kappa shape index (κ2) is 7.06. The SMILES string of the molecule is O=C1[C@@H]2[C@H]3C=C[C@@H]([C@@H]4C[C@H]34)[C@H]2C(=O)N1/N=C\c1ccccc1OCc1ccccc1Cl. The molecule has 0 radical (unpaired) electrons. The van der Waals surface area contributed by atoms with E-state index in [1.807, 2.05) is 48.5 Å². The number of carbonyl (C=O) groups is 2. The van der Waals surface area contributed by atoms with Crippen LogP contribution in [0.2, 0.25) is 5.02 Å². The molecule has 1 aliphatic heterocycles. The highest BCUT2D eigenvalue weighted by molar-refractivity contribution is 6.31. The minimum atomic E-state index is -0.241. The van der Waals surface area contributed by atoms with Gasteiger partial charge in [-0.1, -0.05) is 54.1 Å². The number of allylic oxidation sites excluding steroid dienone is 2. The third-order valence-corrected chi connectivity index (χ3v) is 7.58. The molecule has 2 amide bonds. The van der Waals surface area contributed by atoms with Crippen LogP contribution in [0.25, 0.3) is 0 Å². The molecule has 5 aliphatic rings. The summed E-state index contributed by atoms with van der Waals surface area (Å²) in [5.41, 5.74) is 1.58. The summed E-state index contributed by atoms with van der Waals surface area (Å²) in [4.78, 5) is 26.1. The molecule has 1 saturated heterocycles. The topological polar surface area (TPSA) is 59.0 Å². The van der Waals surface area contributed by atoms with Gasteiger partial charge in [0.15, 0.2) is 0 Å². The van der Waals surface area contributed by atoms with Gasteiger partial charge in [-0.05, 0) is 48.3 Å². The molecular formula is C25H21ClN2O3. The number of nitrogens with zero attached hydrogens (tertiary/aromatic N) is 2. The van der Waals surface area contributed by atoms with Crippen molar-refractivity contribution in [2.24, 2.45) is 40.6 Å². The predicted molar refractivity (Wildman–Crippen MR) is 116 cm³/mol. The average Bonchev–Trinajstić information content (AvgIpc) is 3.57. The van der Waals surface area contributed by atoms with Crippen molar-refractivity contribution in [2.45, 2.75) is 13.0 Å². The maximum atomic E-state index is 13.1. The largest absolute Gasteiger partial charge is 0.488 e. The van der Waals surface area contributed by atoms with Crippen LogP contribution >= 0.6 is 11.6 Å². The fraction of sp³-hybridized carbons (Fsp3) is 0.320. The summed E-state index contributed by atoms with van der Waals surface area (Å²) in [5, 5.41) is 6.06. The Morgan fingerprint density at radius 3 is 2.32 bits per heavy atom. The summed E-state index contributed by atoms with van der Waals surface area (Å²) in [5.74, 6) is 1.37. The molecule has 2 saturated carbocycles. The molecule has 2 aromatic rings. The smallest absolute Gasteiger partial charge is 0.254 e. The molecule has 6 atom stereocenters. The number of hydrazone groups is 1. The number of rotatable bonds is 5. The minimum absolute atomic E-state index is 0.162. The van der Waals surface area contributed by atoms with Gasteiger partial charge < -0.3 is 4.74 Å². The van der Waals surface area contributed by atoms with E-state index in [1.54, 1.807) is 6.21 Å². The van der Waals surface area contributed by atoms with E-state index in [0.29, 0.717) is 34.8 Å². The van der Waals surface area contributed by atoms with Crippen LogP contribution in [0.5, 0.6) is 5.75 Å². The molecular weight excluding hydrogens is 412 g/mol. The molecule has 7 rings (SSSR count). The van der Waals surface area contributed by atoms with Crippen molar-refractivity contribution in [3.8, 4) is 5.75 Å². The van der Waals surface area contributed by atoms with E-state index in [9.17, 15) is 9.59 Å². The van der Waals surface area contributed by atoms with Crippen molar-refractivity contribution >= 4 is 29.6 Å². The zero-order valence-corrected chi connectivity index (χ0v) is 17.5. The highest BCUT2D eigenvalue weighted by atomic mass is 35.5. The fourth-order valence-corrected chi connectivity index (χ4v) is 5.85. The second-order valence-electron chi connectivity index (χ2n) is 8.81. The molecule has 2 bridgehead atoms. The van der Waals surface area contributed by atoms with E-state index < -0.39 is 0 Å². The van der Waals surface area contributed by atoms with Crippen molar-refractivity contribution in [3.05, 3.63) is 76.8 Å². The Bertz CT molecular complexity index is 1110. The molecule has 1 heterocycles. The number of carbonyl (C=O) groups excluding carboxylic acids is 2. The van der Waals surface area contributed by atoms with E-state index in [0.717, 1.165) is 17.0 Å². The van der Waals surface area contributed by atoms with Gasteiger partial charge in [0.05, 0.1) is 18.1 Å². The molecule has 0 aromatic heterocycles. The summed E-state index contributed by atoms with van der Waals surface area (Å²) in [6.45, 7) is 0.314. The normalized spacial score (nSPS) is 32.5. The zero-order valence-electron chi connectivity index (χ0n) is 16.7. The van der Waals surface area contributed by atoms with E-state index in [1.165, 1.54) is 0 Å². The van der Waals surface area contributed by atoms with E-state index >= 15 is 0 Å². The van der Waals surface area contributed by atoms with Crippen LogP contribution in [0.3, 0.4) is 0 Å². The lowest BCUT2D eigenvalue weighted by atomic mass is 9.63. The fourth-order valence-electron chi connectivity index (χ4n) is 5.66. The number of hydrogen-bond acceptors (Lipinski definition) is 4. The quantitative estimate of drug-likeness (QED) is 0.402. The number of hydrogen-bond donors (Lipinski definition) is 0. The number of amides is 2. The summed E-state index contributed by atoms with van der Waals surface area (Å²) in [6, 6.07) is 14.9. The van der Waals surface area contributed by atoms with Crippen LogP contribution in [0, 0.1) is 35.5 Å². The van der Waals surface area contributed by atoms with E-state index in [2.05, 4.69) is 17.3 Å². The molecule has 0 spiro atoms. The highest BCUT2D eigenvalue weighted by Gasteiger charge is 2.67. The molecule has 0 N–H and O–H groups in total. The standard InChI is InChI=1S/C25H21ClN2O3/c26-20-7-3-1-6-15(20)13-31-21-8-4-2-5-14(21)12-27-28-24(29)22-16-9-10-17(19-11-18(16)19)23(22)25(28)30/h1-10,12,16-19,22-23H,11,13H2/b27-12-/t16-,17-,18-,19+,22+,23+/m0/s1. The van der Waals surface area contributed by atoms with Crippen LogP contribution < -0.4 is 4.74 Å². The molecule has 156 valence electrons. The van der Waals surface area contributed by atoms with Crippen molar-refractivity contribution in [1.82, 2.24) is 5.01 Å². The van der Waals surface area contributed by atoms with Crippen molar-refractivity contribution < 1.29 is 14.3 Å². The van der Waals surface area contributed by atoms with Gasteiger partial charge in [0.1, 0.15) is 12.4 Å². The van der Waals surface area contributed by atoms with Crippen LogP contribution in [0.4, 0.5) is 0 Å². The molecule has 6 heteroatoms. The molecule has 31 heavy (non-hydrogen) atoms. The summed E-state index contributed by atoms with van der Waals surface area (Å²) in [7, 11) is 0. The van der Waals surface area contributed by atoms with E-state index in [-0.39, 0.29) is 35.5 Å². The minimum Gasteiger partial charge on any atom is -0.488 e. The first-order valence-electron chi connectivity index (χ1n) is 10.7. The first-order chi connectivity index (χ1) is 15.1. The first-order valence-corrected chi connectivity index (χ1v) is 11.1. The average molecular weight is 433 g/mol. The lowest BCUT2D eigenvalue weighted by molar-refractivity contribution is -0.140. The molecule has 2 aromatic carbocycles. The lowest BCUT2D eigenvalue weighted by Crippen LogP contribution is -2.40. The Hall–Kier alpha value is -2.92. The highest BCUT2D eigenvalue weighted by Crippen LogP contribution is 2.65. The number of benzene rings is 2. The Morgan fingerprint density at radius 2 is 1.61 bits per heavy atom. The maximum Gasteiger partial charge on any atom is 0.254 e. The monoisotopic (exact) mass is 432 g/mol. The Morgan fingerprint density at radius 1 is 0.968 bits per heavy atom. The van der Waals surface area contributed by atoms with Gasteiger partial charge in [-0.3, -0.25) is 9.59 Å².